The summed E-state index contributed by atoms with van der Waals surface area (Å²) in [5.41, 5.74) is 9.83. The lowest BCUT2D eigenvalue weighted by atomic mass is 10.1. The van der Waals surface area contributed by atoms with Gasteiger partial charge in [-0.3, -0.25) is 4.79 Å². The molecule has 0 unspecified atom stereocenters. The quantitative estimate of drug-likeness (QED) is 0.842. The Balaban J connectivity index is 2.22. The smallest absolute Gasteiger partial charge is 0.255 e. The Hall–Kier alpha value is -2.49. The Bertz CT molecular complexity index is 635. The maximum atomic E-state index is 12.2. The van der Waals surface area contributed by atoms with Crippen molar-refractivity contribution in [3.05, 3.63) is 53.6 Å². The number of nitrogens with one attached hydrogen (secondary N) is 1. The van der Waals surface area contributed by atoms with Gasteiger partial charge >= 0.3 is 0 Å². The van der Waals surface area contributed by atoms with Gasteiger partial charge in [-0.2, -0.15) is 0 Å². The Morgan fingerprint density at radius 3 is 2.55 bits per heavy atom. The van der Waals surface area contributed by atoms with Crippen molar-refractivity contribution in [1.82, 2.24) is 0 Å². The van der Waals surface area contributed by atoms with Crippen LogP contribution >= 0.6 is 0 Å². The number of carbonyl (C=O) groups excluding carboxylic acids is 1. The molecule has 2 rings (SSSR count). The van der Waals surface area contributed by atoms with Gasteiger partial charge in [0.05, 0.1) is 0 Å². The number of hydrogen-bond acceptors (Lipinski definition) is 3. The molecule has 0 saturated carbocycles. The second-order valence-corrected chi connectivity index (χ2v) is 4.98. The van der Waals surface area contributed by atoms with Crippen molar-refractivity contribution in [2.45, 2.75) is 6.92 Å². The molecule has 0 atom stereocenters. The number of benzene rings is 2. The van der Waals surface area contributed by atoms with Crippen molar-refractivity contribution in [2.24, 2.45) is 0 Å². The summed E-state index contributed by atoms with van der Waals surface area (Å²) in [6.45, 7) is 2.04. The van der Waals surface area contributed by atoms with Crippen LogP contribution < -0.4 is 16.0 Å². The van der Waals surface area contributed by atoms with E-state index in [-0.39, 0.29) is 5.91 Å². The number of nitrogens with two attached hydrogens (primary N) is 1. The molecule has 0 aliphatic heterocycles. The Morgan fingerprint density at radius 2 is 1.90 bits per heavy atom. The molecule has 0 aliphatic rings. The maximum Gasteiger partial charge on any atom is 0.255 e. The van der Waals surface area contributed by atoms with Crippen molar-refractivity contribution in [1.29, 1.82) is 0 Å². The molecule has 0 heterocycles. The normalized spacial score (nSPS) is 10.2. The fourth-order valence-electron chi connectivity index (χ4n) is 2.05. The van der Waals surface area contributed by atoms with E-state index in [1.807, 2.05) is 44.1 Å². The predicted molar refractivity (Wildman–Crippen MR) is 84.3 cm³/mol. The lowest BCUT2D eigenvalue weighted by molar-refractivity contribution is 0.102. The first-order valence-corrected chi connectivity index (χ1v) is 6.42. The standard InChI is InChI=1S/C16H19N3O/c1-11-7-8-14(10-15(11)19(2)3)18-16(20)12-5-4-6-13(17)9-12/h4-10H,17H2,1-3H3,(H,18,20). The zero-order chi connectivity index (χ0) is 14.7. The van der Waals surface area contributed by atoms with Crippen LogP contribution in [-0.2, 0) is 0 Å². The number of carbonyl (C=O) groups is 1. The monoisotopic (exact) mass is 269 g/mol. The topological polar surface area (TPSA) is 58.4 Å². The van der Waals surface area contributed by atoms with Crippen LogP contribution in [0.25, 0.3) is 0 Å². The summed E-state index contributed by atoms with van der Waals surface area (Å²) in [5.74, 6) is -0.161. The number of hydrogen-bond donors (Lipinski definition) is 2. The highest BCUT2D eigenvalue weighted by Crippen LogP contribution is 2.23. The summed E-state index contributed by atoms with van der Waals surface area (Å²) in [7, 11) is 3.96. The SMILES string of the molecule is Cc1ccc(NC(=O)c2cccc(N)c2)cc1N(C)C. The first-order chi connectivity index (χ1) is 9.47. The number of anilines is 3. The van der Waals surface area contributed by atoms with Crippen molar-refractivity contribution < 1.29 is 4.79 Å². The van der Waals surface area contributed by atoms with Crippen LogP contribution in [0.2, 0.25) is 0 Å². The van der Waals surface area contributed by atoms with Crippen molar-refractivity contribution in [3.63, 3.8) is 0 Å². The molecule has 0 spiro atoms. The summed E-state index contributed by atoms with van der Waals surface area (Å²) >= 11 is 0. The molecule has 2 aromatic rings. The third-order valence-corrected chi connectivity index (χ3v) is 3.10. The van der Waals surface area contributed by atoms with Crippen molar-refractivity contribution >= 4 is 23.0 Å². The van der Waals surface area contributed by atoms with Gasteiger partial charge < -0.3 is 16.0 Å². The van der Waals surface area contributed by atoms with E-state index < -0.39 is 0 Å². The highest BCUT2D eigenvalue weighted by Gasteiger charge is 2.08. The highest BCUT2D eigenvalue weighted by molar-refractivity contribution is 6.05. The van der Waals surface area contributed by atoms with E-state index in [9.17, 15) is 4.79 Å². The minimum atomic E-state index is -0.161. The van der Waals surface area contributed by atoms with E-state index in [2.05, 4.69) is 5.32 Å². The third kappa shape index (κ3) is 3.09. The molecule has 0 radical (unpaired) electrons. The van der Waals surface area contributed by atoms with Crippen LogP contribution in [0.5, 0.6) is 0 Å². The predicted octanol–water partition coefficient (Wildman–Crippen LogP) is 2.90. The van der Waals surface area contributed by atoms with Gasteiger partial charge in [0.1, 0.15) is 0 Å². The fourth-order valence-corrected chi connectivity index (χ4v) is 2.05. The first kappa shape index (κ1) is 13.9. The van der Waals surface area contributed by atoms with Crippen LogP contribution in [0.4, 0.5) is 17.1 Å². The lowest BCUT2D eigenvalue weighted by Crippen LogP contribution is -2.14. The van der Waals surface area contributed by atoms with Crippen LogP contribution in [-0.4, -0.2) is 20.0 Å². The minimum Gasteiger partial charge on any atom is -0.399 e. The number of rotatable bonds is 3. The third-order valence-electron chi connectivity index (χ3n) is 3.10. The largest absolute Gasteiger partial charge is 0.399 e. The molecule has 104 valence electrons. The average Bonchev–Trinajstić information content (AvgIpc) is 2.40. The Labute approximate surface area is 119 Å². The summed E-state index contributed by atoms with van der Waals surface area (Å²) < 4.78 is 0. The molecule has 0 fully saturated rings. The second-order valence-electron chi connectivity index (χ2n) is 4.98. The molecule has 4 heteroatoms. The van der Waals surface area contributed by atoms with E-state index in [1.165, 1.54) is 0 Å². The van der Waals surface area contributed by atoms with Gasteiger partial charge in [-0.15, -0.1) is 0 Å². The fraction of sp³-hybridized carbons (Fsp3) is 0.188. The zero-order valence-electron chi connectivity index (χ0n) is 12.0. The minimum absolute atomic E-state index is 0.161. The molecule has 0 aliphatic carbocycles. The van der Waals surface area contributed by atoms with E-state index in [0.717, 1.165) is 16.9 Å². The van der Waals surface area contributed by atoms with Gasteiger partial charge in [0.2, 0.25) is 0 Å². The van der Waals surface area contributed by atoms with Crippen molar-refractivity contribution in [3.8, 4) is 0 Å². The molecule has 4 nitrogen and oxygen atoms in total. The molecule has 2 aromatic carbocycles. The van der Waals surface area contributed by atoms with Gasteiger partial charge in [0, 0.05) is 36.7 Å². The van der Waals surface area contributed by atoms with E-state index in [0.29, 0.717) is 11.3 Å². The molecule has 20 heavy (non-hydrogen) atoms. The van der Waals surface area contributed by atoms with Gasteiger partial charge in [0.15, 0.2) is 0 Å². The Morgan fingerprint density at radius 1 is 1.15 bits per heavy atom. The molecule has 0 bridgehead atoms. The number of amides is 1. The summed E-state index contributed by atoms with van der Waals surface area (Å²) in [5, 5.41) is 2.89. The van der Waals surface area contributed by atoms with Crippen LogP contribution in [0.15, 0.2) is 42.5 Å². The Kier molecular flexibility index (Phi) is 3.94. The number of nitrogen functional groups attached to an aromatic ring is 1. The summed E-state index contributed by atoms with van der Waals surface area (Å²) in [6, 6.07) is 12.8. The van der Waals surface area contributed by atoms with Gasteiger partial charge in [-0.05, 0) is 42.8 Å². The number of aryl methyl sites for hydroxylation is 1. The van der Waals surface area contributed by atoms with Crippen LogP contribution in [0.3, 0.4) is 0 Å². The highest BCUT2D eigenvalue weighted by atomic mass is 16.1. The molecule has 0 saturated heterocycles. The molecular weight excluding hydrogens is 250 g/mol. The second kappa shape index (κ2) is 5.65. The zero-order valence-corrected chi connectivity index (χ0v) is 12.0. The van der Waals surface area contributed by atoms with E-state index in [4.69, 9.17) is 5.73 Å². The first-order valence-electron chi connectivity index (χ1n) is 6.42. The maximum absolute atomic E-state index is 12.2. The van der Waals surface area contributed by atoms with Gasteiger partial charge in [0.25, 0.3) is 5.91 Å². The molecule has 0 aromatic heterocycles. The van der Waals surface area contributed by atoms with Crippen molar-refractivity contribution in [2.75, 3.05) is 30.0 Å². The summed E-state index contributed by atoms with van der Waals surface area (Å²) in [6.07, 6.45) is 0. The molecule has 1 amide bonds. The van der Waals surface area contributed by atoms with Gasteiger partial charge in [-0.1, -0.05) is 12.1 Å². The van der Waals surface area contributed by atoms with Gasteiger partial charge in [-0.25, -0.2) is 0 Å². The number of nitrogens with zero attached hydrogens (tertiary/aromatic N) is 1. The van der Waals surface area contributed by atoms with Crippen LogP contribution in [0.1, 0.15) is 15.9 Å². The molecular formula is C16H19N3O. The summed E-state index contributed by atoms with van der Waals surface area (Å²) in [4.78, 5) is 14.2. The average molecular weight is 269 g/mol. The molecule has 3 N–H and O–H groups in total. The van der Waals surface area contributed by atoms with E-state index in [1.54, 1.807) is 24.3 Å². The van der Waals surface area contributed by atoms with Crippen LogP contribution in [0, 0.1) is 6.92 Å². The van der Waals surface area contributed by atoms with E-state index >= 15 is 0 Å². The lowest BCUT2D eigenvalue weighted by Gasteiger charge is -2.17.